The van der Waals surface area contributed by atoms with E-state index in [0.717, 1.165) is 21.6 Å². The largest absolute Gasteiger partial charge is 0.444 e. The number of hydrogen-bond donors (Lipinski definition) is 2. The molecule has 1 atom stereocenters. The molecule has 0 aliphatic heterocycles. The summed E-state index contributed by atoms with van der Waals surface area (Å²) in [5, 5.41) is 15.0. The van der Waals surface area contributed by atoms with Crippen LogP contribution in [0.1, 0.15) is 49.1 Å². The zero-order chi connectivity index (χ0) is 26.3. The molecule has 3 amide bonds. The van der Waals surface area contributed by atoms with Gasteiger partial charge in [0, 0.05) is 0 Å². The number of alkyl carbamates (subject to hydrolysis) is 1. The molecule has 2 rings (SSSR count). The van der Waals surface area contributed by atoms with Gasteiger partial charge >= 0.3 is 6.09 Å². The Kier molecular flexibility index (Phi) is 9.26. The Morgan fingerprint density at radius 1 is 1.09 bits per heavy atom. The third-order valence-corrected chi connectivity index (χ3v) is 5.54. The molecule has 0 aromatic heterocycles. The molecule has 0 aliphatic carbocycles. The average molecular weight is 499 g/mol. The topological polar surface area (TPSA) is 112 Å². The van der Waals surface area contributed by atoms with Crippen LogP contribution in [0, 0.1) is 32.1 Å². The smallest absolute Gasteiger partial charge is 0.408 e. The number of anilines is 1. The molecule has 0 spiro atoms. The Hall–Kier alpha value is -3.57. The third kappa shape index (κ3) is 7.72. The van der Waals surface area contributed by atoms with E-state index >= 15 is 0 Å². The third-order valence-electron chi connectivity index (χ3n) is 5.22. The Morgan fingerprint density at radius 3 is 2.34 bits per heavy atom. The van der Waals surface area contributed by atoms with E-state index in [-0.39, 0.29) is 6.54 Å². The molecule has 0 radical (unpaired) electrons. The van der Waals surface area contributed by atoms with Gasteiger partial charge in [-0.05, 0) is 69.9 Å². The Bertz CT molecular complexity index is 1130. The Balaban J connectivity index is 2.42. The quantitative estimate of drug-likeness (QED) is 0.531. The number of nitrogens with zero attached hydrogens (tertiary/aromatic N) is 2. The van der Waals surface area contributed by atoms with E-state index in [0.29, 0.717) is 16.3 Å². The monoisotopic (exact) mass is 498 g/mol. The first-order valence-corrected chi connectivity index (χ1v) is 11.5. The van der Waals surface area contributed by atoms with Crippen LogP contribution in [0.4, 0.5) is 10.5 Å². The highest BCUT2D eigenvalue weighted by Crippen LogP contribution is 2.29. The van der Waals surface area contributed by atoms with Crippen molar-refractivity contribution in [1.29, 1.82) is 5.26 Å². The highest BCUT2D eigenvalue weighted by molar-refractivity contribution is 6.34. The number of carbonyl (C=O) groups is 3. The molecule has 0 saturated carbocycles. The van der Waals surface area contributed by atoms with Gasteiger partial charge in [0.05, 0.1) is 16.8 Å². The number of hydrogen-bond acceptors (Lipinski definition) is 5. The highest BCUT2D eigenvalue weighted by atomic mass is 35.5. The number of aryl methyl sites for hydroxylation is 3. The lowest BCUT2D eigenvalue weighted by molar-refractivity contribution is -0.137. The maximum Gasteiger partial charge on any atom is 0.408 e. The standard InChI is InChI=1S/C26H31ClN4O4/c1-16-10-11-19(14-18(16)3)23(24(33)30-22-17(2)8-7-9-20(22)27)31(13-12-28)21(32)15-29-25(34)35-26(4,5)6/h7-11,14,23H,13,15H2,1-6H3,(H,29,34)(H,30,33). The van der Waals surface area contributed by atoms with E-state index in [1.807, 2.05) is 26.0 Å². The number of para-hydroxylation sites is 1. The Morgan fingerprint density at radius 2 is 1.77 bits per heavy atom. The first-order valence-electron chi connectivity index (χ1n) is 11.1. The molecule has 2 N–H and O–H groups in total. The zero-order valence-corrected chi connectivity index (χ0v) is 21.6. The molecule has 9 heteroatoms. The van der Waals surface area contributed by atoms with Gasteiger partial charge in [-0.1, -0.05) is 41.9 Å². The van der Waals surface area contributed by atoms with Gasteiger partial charge in [-0.2, -0.15) is 5.26 Å². The summed E-state index contributed by atoms with van der Waals surface area (Å²) in [6.45, 7) is 9.91. The normalized spacial score (nSPS) is 11.7. The van der Waals surface area contributed by atoms with Crippen molar-refractivity contribution in [3.8, 4) is 6.07 Å². The first kappa shape index (κ1) is 27.7. The van der Waals surface area contributed by atoms with Crippen LogP contribution in [-0.4, -0.2) is 41.5 Å². The maximum absolute atomic E-state index is 13.6. The summed E-state index contributed by atoms with van der Waals surface area (Å²) in [7, 11) is 0. The van der Waals surface area contributed by atoms with Crippen molar-refractivity contribution in [2.24, 2.45) is 0 Å². The van der Waals surface area contributed by atoms with Crippen LogP contribution in [-0.2, 0) is 14.3 Å². The fourth-order valence-electron chi connectivity index (χ4n) is 3.35. The van der Waals surface area contributed by atoms with E-state index in [1.165, 1.54) is 0 Å². The summed E-state index contributed by atoms with van der Waals surface area (Å²) in [5.74, 6) is -1.16. The van der Waals surface area contributed by atoms with Gasteiger partial charge in [-0.3, -0.25) is 9.59 Å². The van der Waals surface area contributed by atoms with Crippen molar-refractivity contribution in [3.05, 3.63) is 63.7 Å². The van der Waals surface area contributed by atoms with Crippen LogP contribution in [0.15, 0.2) is 36.4 Å². The molecule has 8 nitrogen and oxygen atoms in total. The van der Waals surface area contributed by atoms with Crippen LogP contribution in [0.3, 0.4) is 0 Å². The fraction of sp³-hybridized carbons (Fsp3) is 0.385. The highest BCUT2D eigenvalue weighted by Gasteiger charge is 2.32. The van der Waals surface area contributed by atoms with Crippen LogP contribution < -0.4 is 10.6 Å². The summed E-state index contributed by atoms with van der Waals surface area (Å²) in [4.78, 5) is 39.9. The fourth-order valence-corrected chi connectivity index (χ4v) is 3.62. The number of amides is 3. The number of rotatable bonds is 7. The molecule has 0 saturated heterocycles. The molecule has 2 aromatic rings. The first-order chi connectivity index (χ1) is 16.3. The van der Waals surface area contributed by atoms with Crippen molar-refractivity contribution in [3.63, 3.8) is 0 Å². The lowest BCUT2D eigenvalue weighted by atomic mass is 9.98. The van der Waals surface area contributed by atoms with Gasteiger partial charge in [0.1, 0.15) is 24.7 Å². The number of nitriles is 1. The molecular weight excluding hydrogens is 468 g/mol. The van der Waals surface area contributed by atoms with Crippen molar-refractivity contribution in [2.75, 3.05) is 18.4 Å². The zero-order valence-electron chi connectivity index (χ0n) is 20.9. The van der Waals surface area contributed by atoms with Crippen molar-refractivity contribution in [2.45, 2.75) is 53.2 Å². The van der Waals surface area contributed by atoms with Crippen molar-refractivity contribution >= 4 is 35.2 Å². The molecule has 0 aliphatic rings. The van der Waals surface area contributed by atoms with Gasteiger partial charge in [-0.15, -0.1) is 0 Å². The molecule has 0 bridgehead atoms. The van der Waals surface area contributed by atoms with Crippen LogP contribution in [0.25, 0.3) is 0 Å². The number of ether oxygens (including phenoxy) is 1. The SMILES string of the molecule is Cc1ccc(C(C(=O)Nc2c(C)cccc2Cl)N(CC#N)C(=O)CNC(=O)OC(C)(C)C)cc1C. The molecule has 1 unspecified atom stereocenters. The van der Waals surface area contributed by atoms with Crippen molar-refractivity contribution in [1.82, 2.24) is 10.2 Å². The second-order valence-corrected chi connectivity index (χ2v) is 9.61. The van der Waals surface area contributed by atoms with E-state index in [1.54, 1.807) is 58.0 Å². The lowest BCUT2D eigenvalue weighted by Gasteiger charge is -2.30. The summed E-state index contributed by atoms with van der Waals surface area (Å²) >= 11 is 6.30. The molecular formula is C26H31ClN4O4. The Labute approximate surface area is 211 Å². The molecule has 0 heterocycles. The minimum absolute atomic E-state index is 0.349. The second-order valence-electron chi connectivity index (χ2n) is 9.20. The number of halogens is 1. The van der Waals surface area contributed by atoms with Gasteiger partial charge < -0.3 is 20.3 Å². The predicted molar refractivity (Wildman–Crippen MR) is 135 cm³/mol. The van der Waals surface area contributed by atoms with Crippen LogP contribution in [0.5, 0.6) is 0 Å². The van der Waals surface area contributed by atoms with Gasteiger partial charge in [0.15, 0.2) is 0 Å². The van der Waals surface area contributed by atoms with E-state index in [9.17, 15) is 19.6 Å². The van der Waals surface area contributed by atoms with Crippen LogP contribution >= 0.6 is 11.6 Å². The van der Waals surface area contributed by atoms with E-state index in [2.05, 4.69) is 10.6 Å². The lowest BCUT2D eigenvalue weighted by Crippen LogP contribution is -2.46. The molecule has 2 aromatic carbocycles. The summed E-state index contributed by atoms with van der Waals surface area (Å²) in [6, 6.07) is 11.4. The van der Waals surface area contributed by atoms with Gasteiger partial charge in [-0.25, -0.2) is 4.79 Å². The number of nitrogens with one attached hydrogen (secondary N) is 2. The maximum atomic E-state index is 13.6. The minimum Gasteiger partial charge on any atom is -0.444 e. The van der Waals surface area contributed by atoms with E-state index in [4.69, 9.17) is 16.3 Å². The summed E-state index contributed by atoms with van der Waals surface area (Å²) in [5.41, 5.74) is 2.88. The molecule has 186 valence electrons. The second kappa shape index (κ2) is 11.7. The molecule has 35 heavy (non-hydrogen) atoms. The van der Waals surface area contributed by atoms with Crippen LogP contribution in [0.2, 0.25) is 5.02 Å². The van der Waals surface area contributed by atoms with Gasteiger partial charge in [0.2, 0.25) is 5.91 Å². The predicted octanol–water partition coefficient (Wildman–Crippen LogP) is 4.82. The number of carbonyl (C=O) groups excluding carboxylic acids is 3. The van der Waals surface area contributed by atoms with E-state index < -0.39 is 36.1 Å². The number of benzene rings is 2. The average Bonchev–Trinajstić information content (AvgIpc) is 2.75. The minimum atomic E-state index is -1.14. The van der Waals surface area contributed by atoms with Gasteiger partial charge in [0.25, 0.3) is 5.91 Å². The summed E-state index contributed by atoms with van der Waals surface area (Å²) < 4.78 is 5.17. The molecule has 0 fully saturated rings. The summed E-state index contributed by atoms with van der Waals surface area (Å²) in [6.07, 6.45) is -0.776. The van der Waals surface area contributed by atoms with Crippen molar-refractivity contribution < 1.29 is 19.1 Å².